The Morgan fingerprint density at radius 1 is 1.00 bits per heavy atom. The molecule has 0 saturated carbocycles. The molecule has 0 aliphatic heterocycles. The van der Waals surface area contributed by atoms with Gasteiger partial charge in [-0.1, -0.05) is 0 Å². The van der Waals surface area contributed by atoms with E-state index in [1.54, 1.807) is 48.5 Å². The van der Waals surface area contributed by atoms with E-state index in [4.69, 9.17) is 14.7 Å². The molecule has 0 aliphatic carbocycles. The lowest BCUT2D eigenvalue weighted by Gasteiger charge is -2.07. The van der Waals surface area contributed by atoms with E-state index in [1.165, 1.54) is 6.92 Å². The molecule has 0 aromatic heterocycles. The number of carbonyl (C=O) groups excluding carboxylic acids is 2. The highest BCUT2D eigenvalue weighted by atomic mass is 16.6. The number of esters is 1. The number of ether oxygens (including phenoxy) is 2. The summed E-state index contributed by atoms with van der Waals surface area (Å²) in [6.07, 6.45) is 0. The van der Waals surface area contributed by atoms with Crippen LogP contribution in [0, 0.1) is 11.3 Å². The lowest BCUT2D eigenvalue weighted by molar-refractivity contribution is -0.136. The fourth-order valence-corrected chi connectivity index (χ4v) is 1.69. The van der Waals surface area contributed by atoms with Crippen molar-refractivity contribution >= 4 is 11.8 Å². The SMILES string of the molecule is CC(=O)c1ccc(OC(=O)COc2ccc(C#N)cc2)cc1. The van der Waals surface area contributed by atoms with Crippen LogP contribution in [0.5, 0.6) is 11.5 Å². The van der Waals surface area contributed by atoms with Gasteiger partial charge in [-0.25, -0.2) is 4.79 Å². The highest BCUT2D eigenvalue weighted by molar-refractivity contribution is 5.94. The van der Waals surface area contributed by atoms with Crippen molar-refractivity contribution in [3.8, 4) is 17.6 Å². The van der Waals surface area contributed by atoms with Crippen molar-refractivity contribution in [2.24, 2.45) is 0 Å². The number of rotatable bonds is 5. The van der Waals surface area contributed by atoms with E-state index in [0.717, 1.165) is 0 Å². The Labute approximate surface area is 127 Å². The number of ketones is 1. The molecule has 0 aliphatic rings. The van der Waals surface area contributed by atoms with Gasteiger partial charge in [0.15, 0.2) is 12.4 Å². The first-order valence-corrected chi connectivity index (χ1v) is 6.53. The van der Waals surface area contributed by atoms with Crippen molar-refractivity contribution in [1.82, 2.24) is 0 Å². The van der Waals surface area contributed by atoms with Crippen LogP contribution in [-0.2, 0) is 4.79 Å². The predicted molar refractivity (Wildman–Crippen MR) is 78.7 cm³/mol. The van der Waals surface area contributed by atoms with E-state index in [1.807, 2.05) is 6.07 Å². The number of carbonyl (C=O) groups is 2. The molecule has 0 saturated heterocycles. The van der Waals surface area contributed by atoms with Gasteiger partial charge in [0.2, 0.25) is 0 Å². The first kappa shape index (κ1) is 15.3. The lowest BCUT2D eigenvalue weighted by Crippen LogP contribution is -2.17. The van der Waals surface area contributed by atoms with Crippen molar-refractivity contribution in [3.63, 3.8) is 0 Å². The normalized spacial score (nSPS) is 9.64. The van der Waals surface area contributed by atoms with Crippen LogP contribution in [0.15, 0.2) is 48.5 Å². The number of Topliss-reactive ketones (excluding diaryl/α,β-unsaturated/α-hetero) is 1. The fraction of sp³-hybridized carbons (Fsp3) is 0.118. The average molecular weight is 295 g/mol. The second-order valence-electron chi connectivity index (χ2n) is 4.48. The quantitative estimate of drug-likeness (QED) is 0.481. The van der Waals surface area contributed by atoms with Crippen molar-refractivity contribution in [2.75, 3.05) is 6.61 Å². The van der Waals surface area contributed by atoms with E-state index in [9.17, 15) is 9.59 Å². The second-order valence-corrected chi connectivity index (χ2v) is 4.48. The van der Waals surface area contributed by atoms with E-state index in [2.05, 4.69) is 0 Å². The maximum atomic E-state index is 11.7. The second kappa shape index (κ2) is 7.04. The van der Waals surface area contributed by atoms with Crippen LogP contribution in [0.4, 0.5) is 0 Å². The molecule has 0 unspecified atom stereocenters. The van der Waals surface area contributed by atoms with Crippen LogP contribution in [0.2, 0.25) is 0 Å². The third kappa shape index (κ3) is 4.18. The van der Waals surface area contributed by atoms with Crippen molar-refractivity contribution < 1.29 is 19.1 Å². The Hall–Kier alpha value is -3.13. The van der Waals surface area contributed by atoms with E-state index in [-0.39, 0.29) is 12.4 Å². The summed E-state index contributed by atoms with van der Waals surface area (Å²) in [6, 6.07) is 14.7. The molecular formula is C17H13NO4. The summed E-state index contributed by atoms with van der Waals surface area (Å²) in [5.41, 5.74) is 1.06. The molecule has 0 N–H and O–H groups in total. The molecule has 0 heterocycles. The maximum Gasteiger partial charge on any atom is 0.349 e. The summed E-state index contributed by atoms with van der Waals surface area (Å²) < 4.78 is 10.4. The van der Waals surface area contributed by atoms with Gasteiger partial charge < -0.3 is 9.47 Å². The molecule has 0 fully saturated rings. The average Bonchev–Trinajstić information content (AvgIpc) is 2.54. The minimum absolute atomic E-state index is 0.0537. The number of nitrogens with zero attached hydrogens (tertiary/aromatic N) is 1. The predicted octanol–water partition coefficient (Wildman–Crippen LogP) is 2.75. The fourth-order valence-electron chi connectivity index (χ4n) is 1.69. The first-order valence-electron chi connectivity index (χ1n) is 6.53. The van der Waals surface area contributed by atoms with Gasteiger partial charge in [-0.05, 0) is 55.5 Å². The third-order valence-electron chi connectivity index (χ3n) is 2.83. The summed E-state index contributed by atoms with van der Waals surface area (Å²) in [5.74, 6) is 0.211. The highest BCUT2D eigenvalue weighted by Gasteiger charge is 2.07. The van der Waals surface area contributed by atoms with E-state index in [0.29, 0.717) is 22.6 Å². The van der Waals surface area contributed by atoms with E-state index >= 15 is 0 Å². The number of hydrogen-bond donors (Lipinski definition) is 0. The summed E-state index contributed by atoms with van der Waals surface area (Å²) in [7, 11) is 0. The molecule has 0 amide bonds. The molecule has 2 aromatic rings. The van der Waals surface area contributed by atoms with Gasteiger partial charge >= 0.3 is 5.97 Å². The highest BCUT2D eigenvalue weighted by Crippen LogP contribution is 2.14. The molecule has 2 aromatic carbocycles. The topological polar surface area (TPSA) is 76.4 Å². The molecule has 0 bridgehead atoms. The Morgan fingerprint density at radius 3 is 2.14 bits per heavy atom. The van der Waals surface area contributed by atoms with Gasteiger partial charge in [0.25, 0.3) is 0 Å². The van der Waals surface area contributed by atoms with Crippen LogP contribution in [0.25, 0.3) is 0 Å². The minimum atomic E-state index is -0.556. The summed E-state index contributed by atoms with van der Waals surface area (Å²) in [6.45, 7) is 1.22. The van der Waals surface area contributed by atoms with Crippen molar-refractivity contribution in [1.29, 1.82) is 5.26 Å². The zero-order chi connectivity index (χ0) is 15.9. The molecule has 5 heteroatoms. The Morgan fingerprint density at radius 2 is 1.59 bits per heavy atom. The summed E-state index contributed by atoms with van der Waals surface area (Å²) in [4.78, 5) is 22.8. The number of nitriles is 1. The Bertz CT molecular complexity index is 712. The maximum absolute atomic E-state index is 11.7. The third-order valence-corrected chi connectivity index (χ3v) is 2.83. The van der Waals surface area contributed by atoms with Crippen LogP contribution in [-0.4, -0.2) is 18.4 Å². The van der Waals surface area contributed by atoms with E-state index < -0.39 is 5.97 Å². The molecular weight excluding hydrogens is 282 g/mol. The molecule has 0 atom stereocenters. The standard InChI is InChI=1S/C17H13NO4/c1-12(19)14-4-8-16(9-5-14)22-17(20)11-21-15-6-2-13(10-18)3-7-15/h2-9H,11H2,1H3. The molecule has 22 heavy (non-hydrogen) atoms. The minimum Gasteiger partial charge on any atom is -0.482 e. The summed E-state index contributed by atoms with van der Waals surface area (Å²) in [5, 5.41) is 8.68. The number of hydrogen-bond acceptors (Lipinski definition) is 5. The zero-order valence-corrected chi connectivity index (χ0v) is 11.9. The smallest absolute Gasteiger partial charge is 0.349 e. The van der Waals surface area contributed by atoms with Gasteiger partial charge in [0.1, 0.15) is 11.5 Å². The summed E-state index contributed by atoms with van der Waals surface area (Å²) >= 11 is 0. The van der Waals surface area contributed by atoms with Crippen molar-refractivity contribution in [3.05, 3.63) is 59.7 Å². The van der Waals surface area contributed by atoms with Crippen LogP contribution < -0.4 is 9.47 Å². The van der Waals surface area contributed by atoms with Gasteiger partial charge in [-0.2, -0.15) is 5.26 Å². The molecule has 0 spiro atoms. The van der Waals surface area contributed by atoms with Gasteiger partial charge in [0.05, 0.1) is 11.6 Å². The molecule has 0 radical (unpaired) electrons. The Kier molecular flexibility index (Phi) is 4.89. The lowest BCUT2D eigenvalue weighted by atomic mass is 10.1. The first-order chi connectivity index (χ1) is 10.6. The zero-order valence-electron chi connectivity index (χ0n) is 11.9. The van der Waals surface area contributed by atoms with Gasteiger partial charge in [-0.15, -0.1) is 0 Å². The Balaban J connectivity index is 1.87. The van der Waals surface area contributed by atoms with Crippen LogP contribution >= 0.6 is 0 Å². The van der Waals surface area contributed by atoms with Gasteiger partial charge in [0, 0.05) is 5.56 Å². The largest absolute Gasteiger partial charge is 0.482 e. The monoisotopic (exact) mass is 295 g/mol. The number of benzene rings is 2. The molecule has 5 nitrogen and oxygen atoms in total. The van der Waals surface area contributed by atoms with Crippen LogP contribution in [0.1, 0.15) is 22.8 Å². The van der Waals surface area contributed by atoms with Crippen molar-refractivity contribution in [2.45, 2.75) is 6.92 Å². The van der Waals surface area contributed by atoms with Crippen LogP contribution in [0.3, 0.4) is 0 Å². The van der Waals surface area contributed by atoms with Gasteiger partial charge in [-0.3, -0.25) is 4.79 Å². The molecule has 2 rings (SSSR count). The molecule has 110 valence electrons.